The normalized spacial score (nSPS) is 15.2. The van der Waals surface area contributed by atoms with Crippen LogP contribution in [0, 0.1) is 0 Å². The predicted octanol–water partition coefficient (Wildman–Crippen LogP) is 2.28. The van der Waals surface area contributed by atoms with Gasteiger partial charge in [-0.05, 0) is 17.7 Å². The Kier molecular flexibility index (Phi) is 4.98. The fourth-order valence-electron chi connectivity index (χ4n) is 4.11. The van der Waals surface area contributed by atoms with Gasteiger partial charge < -0.3 is 9.84 Å². The molecule has 0 unspecified atom stereocenters. The lowest BCUT2D eigenvalue weighted by Crippen LogP contribution is -2.38. The van der Waals surface area contributed by atoms with Crippen LogP contribution in [0.15, 0.2) is 59.4 Å². The van der Waals surface area contributed by atoms with Gasteiger partial charge in [-0.15, -0.1) is 0 Å². The number of hydrogen-bond donors (Lipinski definition) is 1. The van der Waals surface area contributed by atoms with E-state index in [0.29, 0.717) is 24.3 Å². The van der Waals surface area contributed by atoms with Crippen LogP contribution in [0.3, 0.4) is 0 Å². The highest BCUT2D eigenvalue weighted by molar-refractivity contribution is 5.79. The van der Waals surface area contributed by atoms with Gasteiger partial charge in [0.15, 0.2) is 0 Å². The highest BCUT2D eigenvalue weighted by Gasteiger charge is 2.21. The summed E-state index contributed by atoms with van der Waals surface area (Å²) < 4.78 is 8.84. The van der Waals surface area contributed by atoms with Gasteiger partial charge in [0, 0.05) is 32.6 Å². The average molecular weight is 404 g/mol. The topological polar surface area (TPSA) is 72.0 Å². The Labute approximate surface area is 173 Å². The van der Waals surface area contributed by atoms with Crippen molar-refractivity contribution >= 4 is 16.8 Å². The maximum Gasteiger partial charge on any atom is 0.266 e. The van der Waals surface area contributed by atoms with Crippen molar-refractivity contribution in [3.63, 3.8) is 0 Å². The van der Waals surface area contributed by atoms with E-state index >= 15 is 0 Å². The van der Waals surface area contributed by atoms with Gasteiger partial charge in [0.05, 0.1) is 29.8 Å². The van der Waals surface area contributed by atoms with E-state index in [4.69, 9.17) is 4.74 Å². The summed E-state index contributed by atoms with van der Waals surface area (Å²) in [4.78, 5) is 20.4. The van der Waals surface area contributed by atoms with E-state index < -0.39 is 0 Å². The van der Waals surface area contributed by atoms with Gasteiger partial charge in [0.2, 0.25) is 11.7 Å². The third-order valence-corrected chi connectivity index (χ3v) is 5.74. The van der Waals surface area contributed by atoms with Crippen LogP contribution in [0.25, 0.3) is 16.8 Å². The van der Waals surface area contributed by atoms with Crippen LogP contribution >= 0.6 is 0 Å². The largest absolute Gasteiger partial charge is 0.494 e. The Balaban J connectivity index is 1.65. The summed E-state index contributed by atoms with van der Waals surface area (Å²) in [6.45, 7) is 4.47. The molecular formula is C23H24N4O3. The Morgan fingerprint density at radius 2 is 1.70 bits per heavy atom. The van der Waals surface area contributed by atoms with Crippen molar-refractivity contribution in [2.24, 2.45) is 0 Å². The highest BCUT2D eigenvalue weighted by Crippen LogP contribution is 2.23. The SMILES string of the molecule is O=c1c(Cc2ccccc2)c(O)n(CCN2CCOCC2)c2nc3ccccc3n12. The Bertz CT molecular complexity index is 1240. The first kappa shape index (κ1) is 18.8. The molecule has 30 heavy (non-hydrogen) atoms. The van der Waals surface area contributed by atoms with Gasteiger partial charge in [-0.3, -0.25) is 14.3 Å². The number of nitrogens with zero attached hydrogens (tertiary/aromatic N) is 4. The summed E-state index contributed by atoms with van der Waals surface area (Å²) >= 11 is 0. The molecule has 4 aromatic rings. The lowest BCUT2D eigenvalue weighted by molar-refractivity contribution is 0.0362. The summed E-state index contributed by atoms with van der Waals surface area (Å²) in [7, 11) is 0. The molecule has 0 radical (unpaired) electrons. The number of morpholine rings is 1. The number of ether oxygens (including phenoxy) is 1. The molecule has 0 amide bonds. The molecule has 0 spiro atoms. The van der Waals surface area contributed by atoms with E-state index in [9.17, 15) is 9.90 Å². The summed E-state index contributed by atoms with van der Waals surface area (Å²) in [5, 5.41) is 11.2. The van der Waals surface area contributed by atoms with Crippen molar-refractivity contribution < 1.29 is 9.84 Å². The second kappa shape index (κ2) is 7.93. The van der Waals surface area contributed by atoms with Crippen LogP contribution in [-0.2, 0) is 17.7 Å². The number of hydrogen-bond acceptors (Lipinski definition) is 5. The maximum atomic E-state index is 13.4. The fourth-order valence-corrected chi connectivity index (χ4v) is 4.11. The summed E-state index contributed by atoms with van der Waals surface area (Å²) in [5.74, 6) is 0.476. The van der Waals surface area contributed by atoms with E-state index in [-0.39, 0.29) is 11.4 Å². The van der Waals surface area contributed by atoms with E-state index in [1.54, 1.807) is 8.97 Å². The van der Waals surface area contributed by atoms with Gasteiger partial charge in [-0.2, -0.15) is 0 Å². The first-order valence-corrected chi connectivity index (χ1v) is 10.3. The van der Waals surface area contributed by atoms with Crippen molar-refractivity contribution in [3.05, 3.63) is 76.1 Å². The lowest BCUT2D eigenvalue weighted by atomic mass is 10.1. The van der Waals surface area contributed by atoms with Gasteiger partial charge in [0.1, 0.15) is 0 Å². The Hall–Kier alpha value is -3.16. The fraction of sp³-hybridized carbons (Fsp3) is 0.304. The standard InChI is InChI=1S/C23H24N4O3/c28-21-18(16-17-6-2-1-3-7-17)22(29)27-20-9-5-4-8-19(20)24-23(27)26(21)11-10-25-12-14-30-15-13-25/h1-9,28H,10-16H2. The van der Waals surface area contributed by atoms with Crippen molar-refractivity contribution in [2.75, 3.05) is 32.8 Å². The zero-order chi connectivity index (χ0) is 20.5. The van der Waals surface area contributed by atoms with Crippen molar-refractivity contribution in [1.82, 2.24) is 18.9 Å². The number of imidazole rings is 1. The third-order valence-electron chi connectivity index (χ3n) is 5.74. The molecule has 1 aliphatic heterocycles. The van der Waals surface area contributed by atoms with Crippen LogP contribution in [-0.4, -0.2) is 56.8 Å². The number of aromatic hydroxyl groups is 1. The molecular weight excluding hydrogens is 380 g/mol. The molecule has 1 aliphatic rings. The van der Waals surface area contributed by atoms with Crippen LogP contribution in [0.4, 0.5) is 0 Å². The molecule has 0 aliphatic carbocycles. The van der Waals surface area contributed by atoms with E-state index in [1.165, 1.54) is 0 Å². The van der Waals surface area contributed by atoms with Crippen LogP contribution in [0.5, 0.6) is 5.88 Å². The third kappa shape index (κ3) is 3.36. The quantitative estimate of drug-likeness (QED) is 0.553. The number of fused-ring (bicyclic) bond motifs is 3. The number of rotatable bonds is 5. The number of benzene rings is 2. The minimum absolute atomic E-state index is 0.0000753. The molecule has 7 heteroatoms. The Morgan fingerprint density at radius 1 is 0.967 bits per heavy atom. The first-order chi connectivity index (χ1) is 14.7. The lowest BCUT2D eigenvalue weighted by Gasteiger charge is -2.27. The second-order valence-electron chi connectivity index (χ2n) is 7.61. The smallest absolute Gasteiger partial charge is 0.266 e. The van der Waals surface area contributed by atoms with Gasteiger partial charge >= 0.3 is 0 Å². The molecule has 3 heterocycles. The zero-order valence-corrected chi connectivity index (χ0v) is 16.7. The van der Waals surface area contributed by atoms with Crippen molar-refractivity contribution in [1.29, 1.82) is 0 Å². The predicted molar refractivity (Wildman–Crippen MR) is 115 cm³/mol. The highest BCUT2D eigenvalue weighted by atomic mass is 16.5. The summed E-state index contributed by atoms with van der Waals surface area (Å²) in [5.41, 5.74) is 2.65. The van der Waals surface area contributed by atoms with E-state index in [2.05, 4.69) is 9.88 Å². The van der Waals surface area contributed by atoms with E-state index in [1.807, 2.05) is 54.6 Å². The minimum atomic E-state index is -0.220. The average Bonchev–Trinajstić information content (AvgIpc) is 3.17. The van der Waals surface area contributed by atoms with E-state index in [0.717, 1.165) is 49.4 Å². The van der Waals surface area contributed by atoms with Gasteiger partial charge in [-0.25, -0.2) is 9.38 Å². The number of para-hydroxylation sites is 2. The molecule has 0 saturated carbocycles. The van der Waals surface area contributed by atoms with Crippen molar-refractivity contribution in [2.45, 2.75) is 13.0 Å². The van der Waals surface area contributed by atoms with Gasteiger partial charge in [-0.1, -0.05) is 42.5 Å². The molecule has 0 bridgehead atoms. The Morgan fingerprint density at radius 3 is 2.50 bits per heavy atom. The molecule has 1 fully saturated rings. The molecule has 1 saturated heterocycles. The summed E-state index contributed by atoms with van der Waals surface area (Å²) in [6.07, 6.45) is 0.367. The molecule has 5 rings (SSSR count). The molecule has 7 nitrogen and oxygen atoms in total. The first-order valence-electron chi connectivity index (χ1n) is 10.3. The van der Waals surface area contributed by atoms with Crippen LogP contribution in [0.2, 0.25) is 0 Å². The van der Waals surface area contributed by atoms with Crippen molar-refractivity contribution in [3.8, 4) is 5.88 Å². The molecule has 2 aromatic carbocycles. The van der Waals surface area contributed by atoms with Gasteiger partial charge in [0.25, 0.3) is 5.56 Å². The monoisotopic (exact) mass is 404 g/mol. The minimum Gasteiger partial charge on any atom is -0.494 e. The van der Waals surface area contributed by atoms with Crippen LogP contribution in [0.1, 0.15) is 11.1 Å². The number of aromatic nitrogens is 3. The second-order valence-corrected chi connectivity index (χ2v) is 7.61. The molecule has 2 aromatic heterocycles. The molecule has 0 atom stereocenters. The maximum absolute atomic E-state index is 13.4. The molecule has 1 N–H and O–H groups in total. The van der Waals surface area contributed by atoms with Crippen LogP contribution < -0.4 is 5.56 Å². The zero-order valence-electron chi connectivity index (χ0n) is 16.7. The molecule has 154 valence electrons. The summed E-state index contributed by atoms with van der Waals surface area (Å²) in [6, 6.07) is 17.3.